The lowest BCUT2D eigenvalue weighted by Gasteiger charge is -2.37. The number of anilines is 1. The van der Waals surface area contributed by atoms with Crippen LogP contribution in [-0.2, 0) is 11.2 Å². The van der Waals surface area contributed by atoms with Crippen LogP contribution in [0.5, 0.6) is 0 Å². The van der Waals surface area contributed by atoms with Gasteiger partial charge in [0.2, 0.25) is 5.91 Å². The van der Waals surface area contributed by atoms with Crippen LogP contribution < -0.4 is 10.2 Å². The van der Waals surface area contributed by atoms with Crippen molar-refractivity contribution in [2.75, 3.05) is 11.4 Å². The molecule has 1 aromatic carbocycles. The molecule has 3 aromatic rings. The molecular weight excluding hydrogens is 503 g/mol. The number of aromatic nitrogens is 2. The van der Waals surface area contributed by atoms with E-state index in [-0.39, 0.29) is 16.9 Å². The summed E-state index contributed by atoms with van der Waals surface area (Å²) in [4.78, 5) is 46.0. The first-order valence-electron chi connectivity index (χ1n) is 11.6. The predicted molar refractivity (Wildman–Crippen MR) is 143 cm³/mol. The first-order valence-corrected chi connectivity index (χ1v) is 15.3. The van der Waals surface area contributed by atoms with E-state index in [9.17, 15) is 14.4 Å². The molecule has 7 nitrogen and oxygen atoms in total. The van der Waals surface area contributed by atoms with Crippen LogP contribution in [0.15, 0.2) is 36.5 Å². The zero-order valence-electron chi connectivity index (χ0n) is 20.3. The molecular formula is C25H30Cl2N4O3Si. The molecule has 4 rings (SSSR count). The number of fused-ring (bicyclic) bond motifs is 2. The van der Waals surface area contributed by atoms with Crippen LogP contribution in [0.4, 0.5) is 5.69 Å². The van der Waals surface area contributed by atoms with Gasteiger partial charge in [-0.2, -0.15) is 0 Å². The number of pyridine rings is 1. The van der Waals surface area contributed by atoms with Crippen molar-refractivity contribution in [1.82, 2.24) is 15.3 Å². The molecule has 2 aromatic heterocycles. The maximum absolute atomic E-state index is 13.5. The van der Waals surface area contributed by atoms with Crippen molar-refractivity contribution in [2.45, 2.75) is 57.3 Å². The fraction of sp³-hybridized carbons (Fsp3) is 0.400. The van der Waals surface area contributed by atoms with E-state index in [0.29, 0.717) is 34.4 Å². The van der Waals surface area contributed by atoms with Gasteiger partial charge < -0.3 is 20.0 Å². The van der Waals surface area contributed by atoms with Crippen LogP contribution in [-0.4, -0.2) is 47.5 Å². The minimum absolute atomic E-state index is 0.174. The highest BCUT2D eigenvalue weighted by atomic mass is 35.5. The SMILES string of the molecule is CC(C)(CCCN1C(=O)C(NC(=O)c2cc3cc(Cl)ncc3[nH]2)Cc2ccc(Cl)cc21)[Si](C)(C)O. The van der Waals surface area contributed by atoms with E-state index in [4.69, 9.17) is 23.2 Å². The van der Waals surface area contributed by atoms with Crippen LogP contribution in [0.1, 0.15) is 42.7 Å². The molecule has 0 aliphatic carbocycles. The van der Waals surface area contributed by atoms with Gasteiger partial charge in [-0.1, -0.05) is 43.1 Å². The number of H-pyrrole nitrogens is 1. The summed E-state index contributed by atoms with van der Waals surface area (Å²) in [5.41, 5.74) is 2.75. The van der Waals surface area contributed by atoms with Gasteiger partial charge in [-0.25, -0.2) is 4.98 Å². The van der Waals surface area contributed by atoms with Gasteiger partial charge in [-0.05, 0) is 60.8 Å². The van der Waals surface area contributed by atoms with Crippen LogP contribution in [0.25, 0.3) is 10.9 Å². The highest BCUT2D eigenvalue weighted by Crippen LogP contribution is 2.40. The van der Waals surface area contributed by atoms with E-state index < -0.39 is 14.4 Å². The molecule has 0 spiro atoms. The van der Waals surface area contributed by atoms with Crippen LogP contribution in [0.3, 0.4) is 0 Å². The summed E-state index contributed by atoms with van der Waals surface area (Å²) in [6, 6.07) is 8.17. The molecule has 1 unspecified atom stereocenters. The number of amides is 2. The monoisotopic (exact) mass is 532 g/mol. The number of nitrogens with one attached hydrogen (secondary N) is 2. The van der Waals surface area contributed by atoms with Crippen molar-refractivity contribution in [3.8, 4) is 0 Å². The second-order valence-corrected chi connectivity index (χ2v) is 15.6. The fourth-order valence-corrected chi connectivity index (χ4v) is 5.39. The third-order valence-corrected chi connectivity index (χ3v) is 11.2. The van der Waals surface area contributed by atoms with Crippen LogP contribution >= 0.6 is 23.2 Å². The third-order valence-electron chi connectivity index (χ3n) is 7.19. The van der Waals surface area contributed by atoms with Crippen molar-refractivity contribution in [3.05, 3.63) is 58.0 Å². The smallest absolute Gasteiger partial charge is 0.268 e. The Labute approximate surface area is 216 Å². The summed E-state index contributed by atoms with van der Waals surface area (Å²) in [5.74, 6) is -0.547. The average Bonchev–Trinajstić information content (AvgIpc) is 3.19. The lowest BCUT2D eigenvalue weighted by Crippen LogP contribution is -2.53. The molecule has 0 fully saturated rings. The maximum Gasteiger partial charge on any atom is 0.268 e. The Morgan fingerprint density at radius 2 is 2.03 bits per heavy atom. The van der Waals surface area contributed by atoms with E-state index in [1.54, 1.807) is 35.4 Å². The number of hydrogen-bond donors (Lipinski definition) is 3. The molecule has 186 valence electrons. The lowest BCUT2D eigenvalue weighted by atomic mass is 9.96. The van der Waals surface area contributed by atoms with Crippen LogP contribution in [0, 0.1) is 0 Å². The molecule has 3 N–H and O–H groups in total. The molecule has 0 radical (unpaired) electrons. The van der Waals surface area contributed by atoms with Gasteiger partial charge >= 0.3 is 0 Å². The van der Waals surface area contributed by atoms with Crippen LogP contribution in [0.2, 0.25) is 28.3 Å². The number of carbonyl (C=O) groups is 2. The summed E-state index contributed by atoms with van der Waals surface area (Å²) in [6.45, 7) is 8.51. The Kier molecular flexibility index (Phi) is 7.03. The second kappa shape index (κ2) is 9.58. The van der Waals surface area contributed by atoms with Gasteiger partial charge in [0.05, 0.1) is 11.7 Å². The maximum atomic E-state index is 13.5. The van der Waals surface area contributed by atoms with E-state index in [2.05, 4.69) is 29.1 Å². The van der Waals surface area contributed by atoms with Gasteiger partial charge in [0.25, 0.3) is 5.91 Å². The summed E-state index contributed by atoms with van der Waals surface area (Å²) in [6.07, 6.45) is 3.45. The van der Waals surface area contributed by atoms with Crippen molar-refractivity contribution in [1.29, 1.82) is 0 Å². The molecule has 1 aliphatic heterocycles. The van der Waals surface area contributed by atoms with Gasteiger partial charge in [-0.15, -0.1) is 0 Å². The minimum Gasteiger partial charge on any atom is -0.432 e. The van der Waals surface area contributed by atoms with E-state index >= 15 is 0 Å². The number of hydrogen-bond acceptors (Lipinski definition) is 4. The quantitative estimate of drug-likeness (QED) is 0.283. The first-order chi connectivity index (χ1) is 16.4. The molecule has 3 heterocycles. The largest absolute Gasteiger partial charge is 0.432 e. The Bertz CT molecular complexity index is 1290. The topological polar surface area (TPSA) is 98.3 Å². The number of benzene rings is 1. The number of nitrogens with zero attached hydrogens (tertiary/aromatic N) is 2. The molecule has 1 atom stereocenters. The molecule has 0 bridgehead atoms. The predicted octanol–water partition coefficient (Wildman–Crippen LogP) is 5.32. The third kappa shape index (κ3) is 5.40. The minimum atomic E-state index is -2.36. The van der Waals surface area contributed by atoms with Gasteiger partial charge in [0, 0.05) is 29.1 Å². The Hall–Kier alpha value is -2.39. The summed E-state index contributed by atoms with van der Waals surface area (Å²) >= 11 is 12.2. The Morgan fingerprint density at radius 3 is 2.74 bits per heavy atom. The second-order valence-electron chi connectivity index (χ2n) is 10.3. The van der Waals surface area contributed by atoms with Crippen molar-refractivity contribution >= 4 is 59.9 Å². The Balaban J connectivity index is 1.54. The van der Waals surface area contributed by atoms with Crippen molar-refractivity contribution in [3.63, 3.8) is 0 Å². The highest BCUT2D eigenvalue weighted by molar-refractivity contribution is 6.72. The Morgan fingerprint density at radius 1 is 1.29 bits per heavy atom. The van der Waals surface area contributed by atoms with Gasteiger partial charge in [-0.3, -0.25) is 9.59 Å². The summed E-state index contributed by atoms with van der Waals surface area (Å²) < 4.78 is 0. The zero-order chi connectivity index (χ0) is 25.5. The summed E-state index contributed by atoms with van der Waals surface area (Å²) in [5, 5.41) is 4.37. The molecule has 1 aliphatic rings. The van der Waals surface area contributed by atoms with E-state index in [0.717, 1.165) is 29.5 Å². The van der Waals surface area contributed by atoms with Crippen molar-refractivity contribution in [2.24, 2.45) is 0 Å². The van der Waals surface area contributed by atoms with E-state index in [1.807, 2.05) is 19.2 Å². The average molecular weight is 534 g/mol. The number of rotatable bonds is 7. The highest BCUT2D eigenvalue weighted by Gasteiger charge is 2.38. The standard InChI is InChI=1S/C25H30Cl2N4O3Si/c1-25(2,35(3,4)34)8-5-9-31-21-13-17(26)7-6-15(21)10-19(24(31)33)30-23(32)18-11-16-12-22(27)28-14-20(16)29-18/h6-7,11-14,19,29,34H,5,8-10H2,1-4H3,(H,30,32). The number of halogens is 2. The molecule has 35 heavy (non-hydrogen) atoms. The lowest BCUT2D eigenvalue weighted by molar-refractivity contribution is -0.120. The molecule has 0 saturated heterocycles. The molecule has 0 saturated carbocycles. The number of aromatic amines is 1. The number of carbonyl (C=O) groups excluding carboxylic acids is 2. The summed E-state index contributed by atoms with van der Waals surface area (Å²) in [7, 11) is -2.36. The normalized spacial score (nSPS) is 16.5. The zero-order valence-corrected chi connectivity index (χ0v) is 22.8. The first kappa shape index (κ1) is 25.7. The molecule has 10 heteroatoms. The van der Waals surface area contributed by atoms with E-state index in [1.165, 1.54) is 0 Å². The van der Waals surface area contributed by atoms with Gasteiger partial charge in [0.1, 0.15) is 16.9 Å². The van der Waals surface area contributed by atoms with Gasteiger partial charge in [0.15, 0.2) is 8.32 Å². The fourth-order valence-electron chi connectivity index (χ4n) is 4.27. The molecule has 2 amide bonds. The van der Waals surface area contributed by atoms with Crippen molar-refractivity contribution < 1.29 is 14.4 Å².